The lowest BCUT2D eigenvalue weighted by atomic mass is 9.82. The van der Waals surface area contributed by atoms with Gasteiger partial charge >= 0.3 is 0 Å². The molecule has 0 spiro atoms. The fraction of sp³-hybridized carbons (Fsp3) is 0.625. The summed E-state index contributed by atoms with van der Waals surface area (Å²) in [7, 11) is 0. The van der Waals surface area contributed by atoms with Crippen LogP contribution >= 0.6 is 15.9 Å². The molecule has 0 aliphatic carbocycles. The van der Waals surface area contributed by atoms with E-state index in [1.54, 1.807) is 0 Å². The second-order valence-electron chi connectivity index (χ2n) is 5.24. The minimum absolute atomic E-state index is 0.285. The number of rotatable bonds is 8. The zero-order chi connectivity index (χ0) is 13.4. The second-order valence-corrected chi connectivity index (χ2v) is 5.80. The van der Waals surface area contributed by atoms with E-state index in [1.807, 2.05) is 6.07 Å². The van der Waals surface area contributed by atoms with Crippen molar-refractivity contribution < 1.29 is 4.74 Å². The summed E-state index contributed by atoms with van der Waals surface area (Å²) in [5.41, 5.74) is 1.54. The van der Waals surface area contributed by atoms with Crippen molar-refractivity contribution in [2.24, 2.45) is 5.41 Å². The minimum atomic E-state index is 0.285. The molecule has 0 amide bonds. The van der Waals surface area contributed by atoms with E-state index in [1.165, 1.54) is 31.2 Å². The molecule has 0 aliphatic rings. The standard InChI is InChI=1S/C16H25BrO/c1-4-9-16(12-17,10-5-2)13-18-15-8-6-7-14(3)11-15/h6-8,11H,4-5,9-10,12-13H2,1-3H3. The Morgan fingerprint density at radius 1 is 1.17 bits per heavy atom. The number of aryl methyl sites for hydroxylation is 1. The lowest BCUT2D eigenvalue weighted by molar-refractivity contribution is 0.144. The van der Waals surface area contributed by atoms with E-state index in [0.29, 0.717) is 0 Å². The molecule has 0 saturated heterocycles. The van der Waals surface area contributed by atoms with Crippen LogP contribution in [0.1, 0.15) is 45.1 Å². The Hall–Kier alpha value is -0.500. The van der Waals surface area contributed by atoms with Crippen LogP contribution in [0.25, 0.3) is 0 Å². The molecule has 0 heterocycles. The van der Waals surface area contributed by atoms with Gasteiger partial charge in [0, 0.05) is 10.7 Å². The van der Waals surface area contributed by atoms with Crippen molar-refractivity contribution in [1.29, 1.82) is 0 Å². The molecule has 0 N–H and O–H groups in total. The van der Waals surface area contributed by atoms with Crippen molar-refractivity contribution in [3.8, 4) is 5.75 Å². The molecule has 0 fully saturated rings. The summed E-state index contributed by atoms with van der Waals surface area (Å²) in [6, 6.07) is 8.31. The molecular weight excluding hydrogens is 288 g/mol. The second kappa shape index (κ2) is 7.83. The molecule has 0 aromatic heterocycles. The Labute approximate surface area is 120 Å². The number of hydrogen-bond donors (Lipinski definition) is 0. The van der Waals surface area contributed by atoms with E-state index in [9.17, 15) is 0 Å². The zero-order valence-corrected chi connectivity index (χ0v) is 13.4. The van der Waals surface area contributed by atoms with Crippen LogP contribution in [0.4, 0.5) is 0 Å². The Bertz CT molecular complexity index is 343. The molecule has 1 aromatic carbocycles. The molecule has 1 rings (SSSR count). The number of benzene rings is 1. The summed E-state index contributed by atoms with van der Waals surface area (Å²) in [5, 5.41) is 1.02. The SMILES string of the molecule is CCCC(CBr)(CCC)COc1cccc(C)c1. The highest BCUT2D eigenvalue weighted by molar-refractivity contribution is 9.09. The molecule has 0 atom stereocenters. The number of ether oxygens (including phenoxy) is 1. The van der Waals surface area contributed by atoms with Crippen molar-refractivity contribution in [2.45, 2.75) is 46.5 Å². The van der Waals surface area contributed by atoms with E-state index in [0.717, 1.165) is 17.7 Å². The van der Waals surface area contributed by atoms with Crippen LogP contribution < -0.4 is 4.74 Å². The molecule has 1 nitrogen and oxygen atoms in total. The van der Waals surface area contributed by atoms with Crippen LogP contribution in [-0.2, 0) is 0 Å². The largest absolute Gasteiger partial charge is 0.493 e. The van der Waals surface area contributed by atoms with E-state index in [2.05, 4.69) is 54.9 Å². The summed E-state index contributed by atoms with van der Waals surface area (Å²) in [5.74, 6) is 0.993. The van der Waals surface area contributed by atoms with E-state index in [-0.39, 0.29) is 5.41 Å². The minimum Gasteiger partial charge on any atom is -0.493 e. The van der Waals surface area contributed by atoms with Gasteiger partial charge in [-0.25, -0.2) is 0 Å². The summed E-state index contributed by atoms with van der Waals surface area (Å²) < 4.78 is 6.02. The van der Waals surface area contributed by atoms with Crippen LogP contribution in [-0.4, -0.2) is 11.9 Å². The third kappa shape index (κ3) is 4.64. The van der Waals surface area contributed by atoms with Gasteiger partial charge in [0.15, 0.2) is 0 Å². The highest BCUT2D eigenvalue weighted by Gasteiger charge is 2.28. The van der Waals surface area contributed by atoms with Gasteiger partial charge in [-0.05, 0) is 37.5 Å². The van der Waals surface area contributed by atoms with Gasteiger partial charge in [-0.15, -0.1) is 0 Å². The molecule has 18 heavy (non-hydrogen) atoms. The highest BCUT2D eigenvalue weighted by atomic mass is 79.9. The summed E-state index contributed by atoms with van der Waals surface area (Å²) in [6.07, 6.45) is 4.86. The summed E-state index contributed by atoms with van der Waals surface area (Å²) in [6.45, 7) is 7.41. The molecule has 0 unspecified atom stereocenters. The van der Waals surface area contributed by atoms with Crippen LogP contribution in [0.15, 0.2) is 24.3 Å². The van der Waals surface area contributed by atoms with Gasteiger partial charge in [0.25, 0.3) is 0 Å². The summed E-state index contributed by atoms with van der Waals surface area (Å²) in [4.78, 5) is 0. The Kier molecular flexibility index (Phi) is 6.77. The quantitative estimate of drug-likeness (QED) is 0.587. The number of hydrogen-bond acceptors (Lipinski definition) is 1. The van der Waals surface area contributed by atoms with Gasteiger partial charge < -0.3 is 4.74 Å². The third-order valence-corrected chi connectivity index (χ3v) is 4.57. The van der Waals surface area contributed by atoms with Crippen molar-refractivity contribution in [3.63, 3.8) is 0 Å². The van der Waals surface area contributed by atoms with Crippen molar-refractivity contribution in [2.75, 3.05) is 11.9 Å². The first-order chi connectivity index (χ1) is 8.65. The molecule has 0 aliphatic heterocycles. The molecule has 1 aromatic rings. The summed E-state index contributed by atoms with van der Waals surface area (Å²) >= 11 is 3.68. The van der Waals surface area contributed by atoms with Gasteiger partial charge in [-0.2, -0.15) is 0 Å². The monoisotopic (exact) mass is 312 g/mol. The fourth-order valence-electron chi connectivity index (χ4n) is 2.44. The van der Waals surface area contributed by atoms with Crippen molar-refractivity contribution in [1.82, 2.24) is 0 Å². The third-order valence-electron chi connectivity index (χ3n) is 3.38. The first-order valence-corrected chi connectivity index (χ1v) is 8.03. The van der Waals surface area contributed by atoms with Crippen LogP contribution in [0, 0.1) is 12.3 Å². The van der Waals surface area contributed by atoms with Crippen molar-refractivity contribution in [3.05, 3.63) is 29.8 Å². The van der Waals surface area contributed by atoms with Gasteiger partial charge in [0.2, 0.25) is 0 Å². The Morgan fingerprint density at radius 2 is 1.83 bits per heavy atom. The predicted octanol–water partition coefficient (Wildman–Crippen LogP) is 5.36. The topological polar surface area (TPSA) is 9.23 Å². The Balaban J connectivity index is 2.66. The first-order valence-electron chi connectivity index (χ1n) is 6.91. The molecule has 0 bridgehead atoms. The van der Waals surface area contributed by atoms with E-state index < -0.39 is 0 Å². The van der Waals surface area contributed by atoms with Crippen LogP contribution in [0.3, 0.4) is 0 Å². The fourth-order valence-corrected chi connectivity index (χ4v) is 3.17. The van der Waals surface area contributed by atoms with Gasteiger partial charge in [-0.1, -0.05) is 54.8 Å². The average Bonchev–Trinajstić information content (AvgIpc) is 2.37. The van der Waals surface area contributed by atoms with E-state index >= 15 is 0 Å². The number of halogens is 1. The lowest BCUT2D eigenvalue weighted by Crippen LogP contribution is -2.30. The maximum Gasteiger partial charge on any atom is 0.119 e. The van der Waals surface area contributed by atoms with E-state index in [4.69, 9.17) is 4.74 Å². The lowest BCUT2D eigenvalue weighted by Gasteiger charge is -2.31. The number of alkyl halides is 1. The normalized spacial score (nSPS) is 11.6. The molecule has 2 heteroatoms. The Morgan fingerprint density at radius 3 is 2.33 bits per heavy atom. The maximum atomic E-state index is 6.02. The smallest absolute Gasteiger partial charge is 0.119 e. The van der Waals surface area contributed by atoms with Crippen LogP contribution in [0.2, 0.25) is 0 Å². The highest BCUT2D eigenvalue weighted by Crippen LogP contribution is 2.33. The molecular formula is C16H25BrO. The van der Waals surface area contributed by atoms with Gasteiger partial charge in [0.05, 0.1) is 6.61 Å². The first kappa shape index (κ1) is 15.6. The molecule has 102 valence electrons. The predicted molar refractivity (Wildman–Crippen MR) is 82.7 cm³/mol. The van der Waals surface area contributed by atoms with Crippen LogP contribution in [0.5, 0.6) is 5.75 Å². The molecule has 0 radical (unpaired) electrons. The van der Waals surface area contributed by atoms with Gasteiger partial charge in [0.1, 0.15) is 5.75 Å². The average molecular weight is 313 g/mol. The zero-order valence-electron chi connectivity index (χ0n) is 11.8. The molecule has 0 saturated carbocycles. The van der Waals surface area contributed by atoms with Crippen molar-refractivity contribution >= 4 is 15.9 Å². The van der Waals surface area contributed by atoms with Gasteiger partial charge in [-0.3, -0.25) is 0 Å². The maximum absolute atomic E-state index is 6.02.